The number of hydrogen-bond acceptors (Lipinski definition) is 4. The summed E-state index contributed by atoms with van der Waals surface area (Å²) in [6.07, 6.45) is 4.53. The number of nitrogens with one attached hydrogen (secondary N) is 1. The second-order valence-corrected chi connectivity index (χ2v) is 6.75. The number of likely N-dealkylation sites (N-methyl/N-ethyl adjacent to an activating group) is 1. The molecule has 1 aliphatic rings. The highest BCUT2D eigenvalue weighted by Gasteiger charge is 2.27. The fraction of sp³-hybridized carbons (Fsp3) is 0.474. The van der Waals surface area contributed by atoms with Crippen LogP contribution in [0.5, 0.6) is 0 Å². The predicted octanol–water partition coefficient (Wildman–Crippen LogP) is 1.55. The van der Waals surface area contributed by atoms with Crippen molar-refractivity contribution in [3.05, 3.63) is 53.6 Å². The number of aryl methyl sites for hydroxylation is 1. The van der Waals surface area contributed by atoms with Crippen molar-refractivity contribution in [2.24, 2.45) is 7.05 Å². The average molecular weight is 359 g/mol. The smallest absolute Gasteiger partial charge is 0.244 e. The van der Waals surface area contributed by atoms with Crippen LogP contribution in [-0.2, 0) is 18.4 Å². The second kappa shape index (κ2) is 8.42. The van der Waals surface area contributed by atoms with Crippen molar-refractivity contribution in [3.63, 3.8) is 0 Å². The first-order chi connectivity index (χ1) is 12.6. The van der Waals surface area contributed by atoms with Crippen LogP contribution in [-0.4, -0.2) is 58.7 Å². The molecule has 1 aliphatic heterocycles. The Kier molecular flexibility index (Phi) is 6.00. The maximum absolute atomic E-state index is 13.1. The van der Waals surface area contributed by atoms with Gasteiger partial charge in [-0.1, -0.05) is 12.1 Å². The number of carbonyl (C=O) groups excluding carboxylic acids is 1. The van der Waals surface area contributed by atoms with Gasteiger partial charge in [-0.15, -0.1) is 0 Å². The molecule has 1 aromatic heterocycles. The van der Waals surface area contributed by atoms with Crippen LogP contribution in [0.25, 0.3) is 0 Å². The molecule has 0 saturated carbocycles. The summed E-state index contributed by atoms with van der Waals surface area (Å²) in [6, 6.07) is 6.26. The van der Waals surface area contributed by atoms with E-state index in [0.717, 1.165) is 43.7 Å². The van der Waals surface area contributed by atoms with Gasteiger partial charge in [0.25, 0.3) is 0 Å². The van der Waals surface area contributed by atoms with E-state index in [0.29, 0.717) is 6.54 Å². The molecule has 1 unspecified atom stereocenters. The number of amides is 1. The van der Waals surface area contributed by atoms with Gasteiger partial charge in [0.05, 0.1) is 6.20 Å². The van der Waals surface area contributed by atoms with Crippen LogP contribution < -0.4 is 5.32 Å². The molecule has 1 amide bonds. The minimum absolute atomic E-state index is 0.0872. The Morgan fingerprint density at radius 1 is 1.23 bits per heavy atom. The van der Waals surface area contributed by atoms with E-state index in [1.807, 2.05) is 30.3 Å². The summed E-state index contributed by atoms with van der Waals surface area (Å²) < 4.78 is 14.8. The van der Waals surface area contributed by atoms with Gasteiger partial charge in [0.1, 0.15) is 11.9 Å². The van der Waals surface area contributed by atoms with Crippen LogP contribution in [0.3, 0.4) is 0 Å². The number of carbonyl (C=O) groups is 1. The topological polar surface area (TPSA) is 53.4 Å². The van der Waals surface area contributed by atoms with E-state index in [-0.39, 0.29) is 17.8 Å². The molecule has 3 rings (SSSR count). The monoisotopic (exact) mass is 359 g/mol. The Bertz CT molecular complexity index is 730. The van der Waals surface area contributed by atoms with E-state index in [2.05, 4.69) is 15.3 Å². The third-order valence-electron chi connectivity index (χ3n) is 4.81. The summed E-state index contributed by atoms with van der Waals surface area (Å²) in [5.74, 6) is -0.126. The summed E-state index contributed by atoms with van der Waals surface area (Å²) in [6.45, 7) is 3.96. The minimum Gasteiger partial charge on any atom is -0.340 e. The summed E-state index contributed by atoms with van der Waals surface area (Å²) in [5, 5.41) is 7.28. The lowest BCUT2D eigenvalue weighted by Gasteiger charge is -2.26. The van der Waals surface area contributed by atoms with Gasteiger partial charge in [0, 0.05) is 51.5 Å². The normalized spacial score (nSPS) is 17.1. The largest absolute Gasteiger partial charge is 0.340 e. The molecular weight excluding hydrogens is 333 g/mol. The molecule has 6 nitrogen and oxygen atoms in total. The van der Waals surface area contributed by atoms with E-state index < -0.39 is 0 Å². The lowest BCUT2D eigenvalue weighted by Crippen LogP contribution is -2.41. The molecule has 1 saturated heterocycles. The minimum atomic E-state index is -0.368. The van der Waals surface area contributed by atoms with Gasteiger partial charge >= 0.3 is 0 Å². The molecule has 2 aromatic rings. The number of rotatable bonds is 5. The zero-order chi connectivity index (χ0) is 18.5. The summed E-state index contributed by atoms with van der Waals surface area (Å²) in [4.78, 5) is 17.2. The Morgan fingerprint density at radius 2 is 2.00 bits per heavy atom. The predicted molar refractivity (Wildman–Crippen MR) is 97.9 cm³/mol. The first-order valence-corrected chi connectivity index (χ1v) is 8.98. The molecule has 1 N–H and O–H groups in total. The third kappa shape index (κ3) is 4.47. The summed E-state index contributed by atoms with van der Waals surface area (Å²) >= 11 is 0. The highest BCUT2D eigenvalue weighted by Crippen LogP contribution is 2.17. The Balaban J connectivity index is 1.60. The Hall–Kier alpha value is -2.25. The lowest BCUT2D eigenvalue weighted by atomic mass is 10.1. The number of halogens is 1. The van der Waals surface area contributed by atoms with Crippen LogP contribution in [0.4, 0.5) is 4.39 Å². The van der Waals surface area contributed by atoms with Gasteiger partial charge in [0.15, 0.2) is 0 Å². The maximum Gasteiger partial charge on any atom is 0.244 e. The van der Waals surface area contributed by atoms with E-state index in [4.69, 9.17) is 0 Å². The lowest BCUT2D eigenvalue weighted by molar-refractivity contribution is -0.133. The molecular formula is C19H26FN5O. The summed E-state index contributed by atoms with van der Waals surface area (Å²) in [7, 11) is 3.65. The van der Waals surface area contributed by atoms with E-state index in [1.165, 1.54) is 12.1 Å². The number of benzene rings is 1. The van der Waals surface area contributed by atoms with Crippen LogP contribution in [0.1, 0.15) is 23.6 Å². The van der Waals surface area contributed by atoms with E-state index in [1.54, 1.807) is 17.9 Å². The fourth-order valence-corrected chi connectivity index (χ4v) is 3.40. The third-order valence-corrected chi connectivity index (χ3v) is 4.81. The van der Waals surface area contributed by atoms with Gasteiger partial charge in [-0.3, -0.25) is 14.4 Å². The van der Waals surface area contributed by atoms with E-state index in [9.17, 15) is 9.18 Å². The van der Waals surface area contributed by atoms with Crippen molar-refractivity contribution in [2.45, 2.75) is 19.0 Å². The number of aromatic nitrogens is 2. The molecule has 2 heterocycles. The van der Waals surface area contributed by atoms with Gasteiger partial charge in [0.2, 0.25) is 5.91 Å². The quantitative estimate of drug-likeness (QED) is 0.880. The van der Waals surface area contributed by atoms with Crippen molar-refractivity contribution in [3.8, 4) is 0 Å². The number of hydrogen-bond donors (Lipinski definition) is 1. The first kappa shape index (κ1) is 18.5. The van der Waals surface area contributed by atoms with Crippen molar-refractivity contribution < 1.29 is 9.18 Å². The Labute approximate surface area is 153 Å². The summed E-state index contributed by atoms with van der Waals surface area (Å²) in [5.41, 5.74) is 1.97. The molecule has 1 aromatic carbocycles. The number of nitrogens with zero attached hydrogens (tertiary/aromatic N) is 4. The van der Waals surface area contributed by atoms with Crippen molar-refractivity contribution in [1.29, 1.82) is 0 Å². The molecule has 7 heteroatoms. The molecule has 26 heavy (non-hydrogen) atoms. The fourth-order valence-electron chi connectivity index (χ4n) is 3.40. The molecule has 0 radical (unpaired) electrons. The zero-order valence-electron chi connectivity index (χ0n) is 15.4. The van der Waals surface area contributed by atoms with Crippen LogP contribution in [0.15, 0.2) is 36.7 Å². The molecule has 1 fully saturated rings. The van der Waals surface area contributed by atoms with Gasteiger partial charge < -0.3 is 10.2 Å². The Morgan fingerprint density at radius 3 is 2.65 bits per heavy atom. The SMILES string of the molecule is CNC(C(=O)N1CCCN(Cc2ccc(F)cc2)CC1)c1cnn(C)c1. The van der Waals surface area contributed by atoms with Gasteiger partial charge in [-0.2, -0.15) is 5.10 Å². The van der Waals surface area contributed by atoms with Crippen LogP contribution in [0, 0.1) is 5.82 Å². The van der Waals surface area contributed by atoms with Gasteiger partial charge in [-0.25, -0.2) is 4.39 Å². The maximum atomic E-state index is 13.1. The van der Waals surface area contributed by atoms with E-state index >= 15 is 0 Å². The molecule has 1 atom stereocenters. The highest BCUT2D eigenvalue weighted by molar-refractivity contribution is 5.83. The molecule has 140 valence electrons. The zero-order valence-corrected chi connectivity index (χ0v) is 15.4. The van der Waals surface area contributed by atoms with Crippen molar-refractivity contribution in [2.75, 3.05) is 33.2 Å². The van der Waals surface area contributed by atoms with Gasteiger partial charge in [-0.05, 0) is 31.2 Å². The molecule has 0 spiro atoms. The van der Waals surface area contributed by atoms with Crippen LogP contribution >= 0.6 is 0 Å². The first-order valence-electron chi connectivity index (χ1n) is 8.98. The van der Waals surface area contributed by atoms with Crippen LogP contribution in [0.2, 0.25) is 0 Å². The molecule has 0 bridgehead atoms. The second-order valence-electron chi connectivity index (χ2n) is 6.75. The highest BCUT2D eigenvalue weighted by atomic mass is 19.1. The van der Waals surface area contributed by atoms with Crippen molar-refractivity contribution in [1.82, 2.24) is 24.9 Å². The average Bonchev–Trinajstić information content (AvgIpc) is 2.92. The standard InChI is InChI=1S/C19H26FN5O/c1-21-18(16-12-22-23(2)14-16)19(26)25-9-3-8-24(10-11-25)13-15-4-6-17(20)7-5-15/h4-7,12,14,18,21H,3,8-11,13H2,1-2H3. The molecule has 0 aliphatic carbocycles. The van der Waals surface area contributed by atoms with Crippen molar-refractivity contribution >= 4 is 5.91 Å².